The molecule has 146 valence electrons. The van der Waals surface area contributed by atoms with Crippen molar-refractivity contribution >= 4 is 17.8 Å². The van der Waals surface area contributed by atoms with Gasteiger partial charge >= 0.3 is 11.9 Å². The van der Waals surface area contributed by atoms with Crippen LogP contribution in [0.4, 0.5) is 5.82 Å². The number of methoxy groups -OCH3 is 1. The van der Waals surface area contributed by atoms with Gasteiger partial charge in [0.25, 0.3) is 0 Å². The molecule has 0 radical (unpaired) electrons. The molecule has 0 saturated carbocycles. The molecule has 7 heteroatoms. The highest BCUT2D eigenvalue weighted by Crippen LogP contribution is 2.32. The van der Waals surface area contributed by atoms with Crippen LogP contribution in [0.1, 0.15) is 64.9 Å². The molecule has 0 spiro atoms. The van der Waals surface area contributed by atoms with Gasteiger partial charge in [0.1, 0.15) is 23.1 Å². The number of nitrogens with one attached hydrogen (secondary N) is 1. The van der Waals surface area contributed by atoms with Crippen molar-refractivity contribution in [2.24, 2.45) is 0 Å². The minimum atomic E-state index is -0.611. The van der Waals surface area contributed by atoms with E-state index < -0.39 is 17.2 Å². The molecule has 0 aliphatic carbocycles. The number of H-pyrrole nitrogens is 1. The number of carbonyl (C=O) groups is 2. The summed E-state index contributed by atoms with van der Waals surface area (Å²) < 4.78 is 16.3. The summed E-state index contributed by atoms with van der Waals surface area (Å²) in [6.07, 6.45) is 1.57. The van der Waals surface area contributed by atoms with Crippen molar-refractivity contribution < 1.29 is 23.8 Å². The van der Waals surface area contributed by atoms with E-state index in [4.69, 9.17) is 14.2 Å². The Balaban J connectivity index is 2.25. The van der Waals surface area contributed by atoms with Crippen LogP contribution in [0.15, 0.2) is 6.07 Å². The van der Waals surface area contributed by atoms with Gasteiger partial charge in [-0.2, -0.15) is 0 Å². The first-order chi connectivity index (χ1) is 11.9. The molecule has 1 unspecified atom stereocenters. The number of anilines is 1. The maximum Gasteiger partial charge on any atom is 0.359 e. The lowest BCUT2D eigenvalue weighted by Gasteiger charge is -2.27. The summed E-state index contributed by atoms with van der Waals surface area (Å²) in [5.74, 6) is 0.288. The minimum Gasteiger partial charge on any atom is -0.494 e. The molecule has 0 aromatic carbocycles. The first kappa shape index (κ1) is 20.1. The van der Waals surface area contributed by atoms with E-state index in [9.17, 15) is 9.59 Å². The second kappa shape index (κ2) is 7.21. The number of carbonyl (C=O) groups excluding carboxylic acids is 2. The summed E-state index contributed by atoms with van der Waals surface area (Å²) in [4.78, 5) is 29.9. The number of hydrogen-bond donors (Lipinski definition) is 1. The highest BCUT2D eigenvalue weighted by molar-refractivity contribution is 5.92. The van der Waals surface area contributed by atoms with Crippen LogP contribution in [0.25, 0.3) is 0 Å². The fourth-order valence-electron chi connectivity index (χ4n) is 2.89. The van der Waals surface area contributed by atoms with E-state index >= 15 is 0 Å². The zero-order valence-electron chi connectivity index (χ0n) is 16.8. The van der Waals surface area contributed by atoms with E-state index in [2.05, 4.69) is 4.98 Å². The molecule has 1 atom stereocenters. The molecule has 1 aromatic rings. The van der Waals surface area contributed by atoms with Crippen LogP contribution < -0.4 is 9.64 Å². The number of aromatic amines is 1. The third-order valence-electron chi connectivity index (χ3n) is 3.83. The van der Waals surface area contributed by atoms with Crippen LogP contribution in [0.5, 0.6) is 5.75 Å². The zero-order chi connectivity index (χ0) is 19.7. The Morgan fingerprint density at radius 1 is 1.12 bits per heavy atom. The Morgan fingerprint density at radius 2 is 1.73 bits per heavy atom. The summed E-state index contributed by atoms with van der Waals surface area (Å²) in [5, 5.41) is 0. The molecule has 0 bridgehead atoms. The molecule has 1 aromatic heterocycles. The van der Waals surface area contributed by atoms with Crippen molar-refractivity contribution in [3.05, 3.63) is 11.8 Å². The zero-order valence-corrected chi connectivity index (χ0v) is 16.8. The van der Waals surface area contributed by atoms with Gasteiger partial charge in [-0.3, -0.25) is 0 Å². The Bertz CT molecular complexity index is 666. The van der Waals surface area contributed by atoms with E-state index in [1.165, 1.54) is 7.11 Å². The first-order valence-corrected chi connectivity index (χ1v) is 8.91. The Kier molecular flexibility index (Phi) is 5.58. The fraction of sp³-hybridized carbons (Fsp3) is 0.684. The summed E-state index contributed by atoms with van der Waals surface area (Å²) in [6, 6.07) is 1.34. The molecule has 1 aliphatic rings. The van der Waals surface area contributed by atoms with Crippen molar-refractivity contribution in [1.29, 1.82) is 0 Å². The molecule has 26 heavy (non-hydrogen) atoms. The van der Waals surface area contributed by atoms with Crippen molar-refractivity contribution in [3.63, 3.8) is 0 Å². The predicted octanol–water partition coefficient (Wildman–Crippen LogP) is 3.29. The number of aromatic nitrogens is 1. The molecule has 0 amide bonds. The average molecular weight is 366 g/mol. The van der Waals surface area contributed by atoms with Gasteiger partial charge in [0.15, 0.2) is 11.4 Å². The summed E-state index contributed by atoms with van der Waals surface area (Å²) >= 11 is 0. The van der Waals surface area contributed by atoms with Gasteiger partial charge in [-0.15, -0.1) is 0 Å². The van der Waals surface area contributed by atoms with Crippen LogP contribution >= 0.6 is 0 Å². The van der Waals surface area contributed by atoms with E-state index in [1.807, 2.05) is 25.7 Å². The summed E-state index contributed by atoms with van der Waals surface area (Å²) in [6.45, 7) is 11.7. The molecular formula is C19H30N2O5. The second-order valence-electron chi connectivity index (χ2n) is 8.48. The van der Waals surface area contributed by atoms with Crippen LogP contribution in [0, 0.1) is 0 Å². The Morgan fingerprint density at radius 3 is 2.27 bits per heavy atom. The maximum atomic E-state index is 12.5. The van der Waals surface area contributed by atoms with E-state index in [-0.39, 0.29) is 17.7 Å². The largest absolute Gasteiger partial charge is 0.494 e. The smallest absolute Gasteiger partial charge is 0.359 e. The molecule has 1 saturated heterocycles. The van der Waals surface area contributed by atoms with Crippen molar-refractivity contribution in [3.8, 4) is 5.75 Å². The third kappa shape index (κ3) is 4.93. The van der Waals surface area contributed by atoms with Gasteiger partial charge in [0.2, 0.25) is 0 Å². The SMILES string of the molecule is COc1cc(N2CCCC2C(=O)OC(C)(C)C)[nH]c1C(=O)OC(C)(C)C. The highest BCUT2D eigenvalue weighted by atomic mass is 16.6. The lowest BCUT2D eigenvalue weighted by Crippen LogP contribution is -2.40. The number of rotatable bonds is 4. The number of ether oxygens (including phenoxy) is 3. The van der Waals surface area contributed by atoms with Gasteiger partial charge in [-0.1, -0.05) is 0 Å². The number of hydrogen-bond acceptors (Lipinski definition) is 6. The normalized spacial score (nSPS) is 18.0. The van der Waals surface area contributed by atoms with Crippen LogP contribution in [-0.4, -0.2) is 47.8 Å². The van der Waals surface area contributed by atoms with Crippen molar-refractivity contribution in [2.45, 2.75) is 71.6 Å². The topological polar surface area (TPSA) is 80.9 Å². The standard InChI is InChI=1S/C19H30N2O5/c1-18(2,3)25-16(22)12-9-8-10-21(12)14-11-13(24-7)15(20-14)17(23)26-19(4,5)6/h11-12,20H,8-10H2,1-7H3. The van der Waals surface area contributed by atoms with Gasteiger partial charge in [-0.25, -0.2) is 9.59 Å². The molecule has 1 fully saturated rings. The quantitative estimate of drug-likeness (QED) is 0.824. The molecular weight excluding hydrogens is 336 g/mol. The number of esters is 2. The molecule has 1 aliphatic heterocycles. The highest BCUT2D eigenvalue weighted by Gasteiger charge is 2.36. The predicted molar refractivity (Wildman–Crippen MR) is 98.7 cm³/mol. The molecule has 2 rings (SSSR count). The van der Waals surface area contributed by atoms with Gasteiger partial charge < -0.3 is 24.1 Å². The molecule has 7 nitrogen and oxygen atoms in total. The Hall–Kier alpha value is -2.18. The van der Waals surface area contributed by atoms with Crippen LogP contribution in [0.3, 0.4) is 0 Å². The van der Waals surface area contributed by atoms with Crippen molar-refractivity contribution in [1.82, 2.24) is 4.98 Å². The van der Waals surface area contributed by atoms with Crippen LogP contribution in [0.2, 0.25) is 0 Å². The van der Waals surface area contributed by atoms with Gasteiger partial charge in [0.05, 0.1) is 7.11 Å². The average Bonchev–Trinajstić information content (AvgIpc) is 3.09. The van der Waals surface area contributed by atoms with Crippen LogP contribution in [-0.2, 0) is 14.3 Å². The monoisotopic (exact) mass is 366 g/mol. The third-order valence-corrected chi connectivity index (χ3v) is 3.83. The van der Waals surface area contributed by atoms with E-state index in [0.717, 1.165) is 6.42 Å². The molecule has 2 heterocycles. The van der Waals surface area contributed by atoms with E-state index in [0.29, 0.717) is 24.5 Å². The van der Waals surface area contributed by atoms with Gasteiger partial charge in [0, 0.05) is 12.6 Å². The van der Waals surface area contributed by atoms with Crippen molar-refractivity contribution in [2.75, 3.05) is 18.6 Å². The second-order valence-corrected chi connectivity index (χ2v) is 8.48. The maximum absolute atomic E-state index is 12.5. The van der Waals surface area contributed by atoms with Gasteiger partial charge in [-0.05, 0) is 54.4 Å². The lowest BCUT2D eigenvalue weighted by atomic mass is 10.1. The first-order valence-electron chi connectivity index (χ1n) is 8.91. The lowest BCUT2D eigenvalue weighted by molar-refractivity contribution is -0.156. The minimum absolute atomic E-state index is 0.243. The summed E-state index contributed by atoms with van der Waals surface area (Å²) in [7, 11) is 1.50. The number of nitrogens with zero attached hydrogens (tertiary/aromatic N) is 1. The molecule has 1 N–H and O–H groups in total. The summed E-state index contributed by atoms with van der Waals surface area (Å²) in [5.41, 5.74) is -0.909. The Labute approximate surface area is 155 Å². The fourth-order valence-corrected chi connectivity index (χ4v) is 2.89. The van der Waals surface area contributed by atoms with E-state index in [1.54, 1.807) is 26.8 Å².